The zero-order valence-corrected chi connectivity index (χ0v) is 18.4. The maximum Gasteiger partial charge on any atom is 0.346 e. The maximum absolute atomic E-state index is 13.4. The number of hydrogen-bond donors (Lipinski definition) is 2. The number of hydrogen-bond acceptors (Lipinski definition) is 4. The largest absolute Gasteiger partial charge is 0.382 e. The van der Waals surface area contributed by atoms with Gasteiger partial charge < -0.3 is 11.1 Å². The molecule has 1 aliphatic heterocycles. The normalized spacial score (nSPS) is 18.7. The molecular formula is C26H25N5O2. The summed E-state index contributed by atoms with van der Waals surface area (Å²) >= 11 is 0. The number of urea groups is 1. The molecule has 1 aliphatic carbocycles. The number of aromatic nitrogens is 2. The molecule has 1 unspecified atom stereocenters. The first-order valence-electron chi connectivity index (χ1n) is 11.2. The van der Waals surface area contributed by atoms with Gasteiger partial charge in [-0.2, -0.15) is 10.2 Å². The Morgan fingerprint density at radius 3 is 2.67 bits per heavy atom. The summed E-state index contributed by atoms with van der Waals surface area (Å²) in [7, 11) is 0. The molecule has 3 N–H and O–H groups in total. The fourth-order valence-electron chi connectivity index (χ4n) is 4.78. The van der Waals surface area contributed by atoms with E-state index in [1.807, 2.05) is 61.7 Å². The first-order valence-corrected chi connectivity index (χ1v) is 11.2. The lowest BCUT2D eigenvalue weighted by atomic mass is 9.91. The number of fused-ring (bicyclic) bond motifs is 1. The number of nitrogens with two attached hydrogens (primary N) is 1. The number of pyridine rings is 1. The Kier molecular flexibility index (Phi) is 4.41. The molecule has 2 aliphatic rings. The molecule has 6 rings (SSSR count). The molecule has 4 aromatic rings. The average Bonchev–Trinajstić information content (AvgIpc) is 3.34. The van der Waals surface area contributed by atoms with Gasteiger partial charge in [-0.1, -0.05) is 42.5 Å². The zero-order chi connectivity index (χ0) is 22.6. The van der Waals surface area contributed by atoms with Crippen LogP contribution in [0.3, 0.4) is 0 Å². The molecule has 2 aromatic heterocycles. The van der Waals surface area contributed by atoms with Crippen molar-refractivity contribution < 1.29 is 9.63 Å². The Morgan fingerprint density at radius 2 is 1.88 bits per heavy atom. The van der Waals surface area contributed by atoms with Gasteiger partial charge >= 0.3 is 6.03 Å². The first-order chi connectivity index (χ1) is 16.0. The van der Waals surface area contributed by atoms with Crippen molar-refractivity contribution in [1.82, 2.24) is 14.7 Å². The van der Waals surface area contributed by atoms with E-state index in [-0.39, 0.29) is 17.5 Å². The number of nitrogens with zero attached hydrogens (tertiary/aromatic N) is 3. The Hall–Kier alpha value is -3.84. The molecule has 1 saturated carbocycles. The Balaban J connectivity index is 1.29. The lowest BCUT2D eigenvalue weighted by molar-refractivity contribution is -0.0829. The zero-order valence-electron chi connectivity index (χ0n) is 18.4. The van der Waals surface area contributed by atoms with Crippen molar-refractivity contribution in [3.63, 3.8) is 0 Å². The van der Waals surface area contributed by atoms with Crippen LogP contribution in [0.25, 0.3) is 16.6 Å². The van der Waals surface area contributed by atoms with Gasteiger partial charge in [0.1, 0.15) is 5.82 Å². The first kappa shape index (κ1) is 19.8. The summed E-state index contributed by atoms with van der Waals surface area (Å²) in [6, 6.07) is 21.8. The smallest absolute Gasteiger partial charge is 0.346 e. The van der Waals surface area contributed by atoms with Gasteiger partial charge in [0.25, 0.3) is 0 Å². The number of benzene rings is 2. The van der Waals surface area contributed by atoms with Crippen molar-refractivity contribution >= 4 is 23.1 Å². The lowest BCUT2D eigenvalue weighted by Crippen LogP contribution is -2.35. The third-order valence-corrected chi connectivity index (χ3v) is 6.81. The van der Waals surface area contributed by atoms with Gasteiger partial charge in [-0.05, 0) is 60.2 Å². The second kappa shape index (κ2) is 7.35. The van der Waals surface area contributed by atoms with Crippen LogP contribution in [0, 0.1) is 12.3 Å². The minimum Gasteiger partial charge on any atom is -0.382 e. The van der Waals surface area contributed by atoms with Crippen LogP contribution in [-0.4, -0.2) is 27.3 Å². The van der Waals surface area contributed by atoms with Gasteiger partial charge in [0.15, 0.2) is 0 Å². The maximum atomic E-state index is 13.4. The number of hydroxylamine groups is 2. The highest BCUT2D eigenvalue weighted by atomic mass is 16.7. The predicted molar refractivity (Wildman–Crippen MR) is 127 cm³/mol. The Morgan fingerprint density at radius 1 is 1.09 bits per heavy atom. The van der Waals surface area contributed by atoms with Gasteiger partial charge in [0.2, 0.25) is 0 Å². The van der Waals surface area contributed by atoms with Crippen LogP contribution in [-0.2, 0) is 4.84 Å². The second-order valence-corrected chi connectivity index (χ2v) is 9.09. The van der Waals surface area contributed by atoms with Crippen LogP contribution in [0.15, 0.2) is 72.9 Å². The molecule has 1 atom stereocenters. The van der Waals surface area contributed by atoms with Crippen molar-refractivity contribution in [2.24, 2.45) is 5.41 Å². The van der Waals surface area contributed by atoms with Crippen LogP contribution in [0.4, 0.5) is 16.3 Å². The number of aryl methyl sites for hydroxylation is 1. The average molecular weight is 440 g/mol. The number of carbonyl (C=O) groups is 1. The van der Waals surface area contributed by atoms with Gasteiger partial charge in [-0.25, -0.2) is 9.31 Å². The monoisotopic (exact) mass is 439 g/mol. The number of nitrogens with one attached hydrogen (secondary N) is 1. The molecule has 0 radical (unpaired) electrons. The number of anilines is 2. The third-order valence-electron chi connectivity index (χ3n) is 6.81. The molecule has 33 heavy (non-hydrogen) atoms. The van der Waals surface area contributed by atoms with E-state index in [1.165, 1.54) is 5.06 Å². The fourth-order valence-corrected chi connectivity index (χ4v) is 4.78. The number of rotatable bonds is 3. The summed E-state index contributed by atoms with van der Waals surface area (Å²) in [5.74, 6) is 0.482. The second-order valence-electron chi connectivity index (χ2n) is 9.09. The SMILES string of the molecule is Cc1ccc(-c2ccn3nc(N)cc3c2)cc1NC(=O)N1OCC2(CC2)C1c1ccccc1. The molecule has 1 saturated heterocycles. The number of carbonyl (C=O) groups excluding carboxylic acids is 1. The van der Waals surface area contributed by atoms with E-state index in [0.717, 1.165) is 46.3 Å². The van der Waals surface area contributed by atoms with E-state index in [4.69, 9.17) is 10.6 Å². The van der Waals surface area contributed by atoms with Crippen molar-refractivity contribution in [1.29, 1.82) is 0 Å². The Labute approximate surface area is 191 Å². The van der Waals surface area contributed by atoms with Crippen molar-refractivity contribution in [2.75, 3.05) is 17.7 Å². The molecule has 2 aromatic carbocycles. The number of amides is 2. The standard InChI is InChI=1S/C26H25N5O2/c1-17-7-8-19(20-9-12-30-21(13-20)15-23(27)29-30)14-22(17)28-25(32)31-24(18-5-3-2-4-6-18)26(10-11-26)16-33-31/h2-9,12-15,24H,10-11,16H2,1H3,(H2,27,29)(H,28,32). The van der Waals surface area contributed by atoms with Crippen molar-refractivity contribution in [3.05, 3.63) is 84.1 Å². The molecule has 7 heteroatoms. The van der Waals surface area contributed by atoms with Crippen molar-refractivity contribution in [3.8, 4) is 11.1 Å². The third kappa shape index (κ3) is 3.41. The van der Waals surface area contributed by atoms with E-state index >= 15 is 0 Å². The van der Waals surface area contributed by atoms with E-state index in [0.29, 0.717) is 12.4 Å². The molecule has 7 nitrogen and oxygen atoms in total. The minimum absolute atomic E-state index is 0.0398. The fraction of sp³-hybridized carbons (Fsp3) is 0.231. The molecule has 2 fully saturated rings. The highest BCUT2D eigenvalue weighted by Gasteiger charge is 2.59. The molecule has 0 bridgehead atoms. The highest BCUT2D eigenvalue weighted by molar-refractivity contribution is 5.91. The molecule has 166 valence electrons. The van der Waals surface area contributed by atoms with Crippen LogP contribution in [0.1, 0.15) is 30.0 Å². The van der Waals surface area contributed by atoms with Crippen LogP contribution >= 0.6 is 0 Å². The minimum atomic E-state index is -0.244. The van der Waals surface area contributed by atoms with Crippen LogP contribution in [0.2, 0.25) is 0 Å². The topological polar surface area (TPSA) is 84.9 Å². The van der Waals surface area contributed by atoms with Crippen LogP contribution in [0.5, 0.6) is 0 Å². The highest BCUT2D eigenvalue weighted by Crippen LogP contribution is 2.61. The summed E-state index contributed by atoms with van der Waals surface area (Å²) in [5.41, 5.74) is 11.7. The van der Waals surface area contributed by atoms with E-state index in [1.54, 1.807) is 4.52 Å². The Bertz CT molecular complexity index is 1360. The molecule has 1 spiro atoms. The summed E-state index contributed by atoms with van der Waals surface area (Å²) in [4.78, 5) is 19.3. The van der Waals surface area contributed by atoms with Gasteiger partial charge in [0.05, 0.1) is 18.2 Å². The van der Waals surface area contributed by atoms with E-state index in [2.05, 4.69) is 28.6 Å². The van der Waals surface area contributed by atoms with Gasteiger partial charge in [-0.3, -0.25) is 4.84 Å². The molecule has 2 amide bonds. The summed E-state index contributed by atoms with van der Waals surface area (Å²) in [6.45, 7) is 2.57. The van der Waals surface area contributed by atoms with Crippen LogP contribution < -0.4 is 11.1 Å². The number of nitrogen functional groups attached to an aromatic ring is 1. The van der Waals surface area contributed by atoms with E-state index in [9.17, 15) is 4.79 Å². The molecular weight excluding hydrogens is 414 g/mol. The van der Waals surface area contributed by atoms with E-state index < -0.39 is 0 Å². The lowest BCUT2D eigenvalue weighted by Gasteiger charge is -2.26. The summed E-state index contributed by atoms with van der Waals surface area (Å²) in [6.07, 6.45) is 4.04. The van der Waals surface area contributed by atoms with Gasteiger partial charge in [0, 0.05) is 23.4 Å². The van der Waals surface area contributed by atoms with Crippen molar-refractivity contribution in [2.45, 2.75) is 25.8 Å². The predicted octanol–water partition coefficient (Wildman–Crippen LogP) is 5.19. The van der Waals surface area contributed by atoms with Gasteiger partial charge in [-0.15, -0.1) is 0 Å². The summed E-state index contributed by atoms with van der Waals surface area (Å²) in [5, 5.41) is 8.86. The quantitative estimate of drug-likeness (QED) is 0.460. The summed E-state index contributed by atoms with van der Waals surface area (Å²) < 4.78 is 1.75. The molecule has 3 heterocycles.